The molecule has 6 aliphatic carbocycles. The molecule has 9 rings (SSSR count). The van der Waals surface area contributed by atoms with Gasteiger partial charge in [0.05, 0.1) is 35.0 Å². The zero-order chi connectivity index (χ0) is 41.8. The number of fused-ring (bicyclic) bond motifs is 10. The molecule has 0 aliphatic heterocycles. The normalized spacial score (nSPS) is 30.4. The van der Waals surface area contributed by atoms with Gasteiger partial charge in [0.1, 0.15) is 5.76 Å². The van der Waals surface area contributed by atoms with Crippen molar-refractivity contribution >= 4 is 17.4 Å². The molecule has 1 aromatic heterocycles. The van der Waals surface area contributed by atoms with E-state index < -0.39 is 40.7 Å². The molecule has 4 N–H and O–H groups in total. The Morgan fingerprint density at radius 3 is 2.52 bits per heavy atom. The maximum Gasteiger partial charge on any atom is 0.416 e. The van der Waals surface area contributed by atoms with E-state index in [2.05, 4.69) is 38.7 Å². The third-order valence-corrected chi connectivity index (χ3v) is 15.3. The van der Waals surface area contributed by atoms with Gasteiger partial charge in [0.15, 0.2) is 5.76 Å². The summed E-state index contributed by atoms with van der Waals surface area (Å²) in [5, 5.41) is 45.0. The lowest BCUT2D eigenvalue weighted by Gasteiger charge is -2.61. The molecule has 316 valence electrons. The van der Waals surface area contributed by atoms with E-state index >= 15 is 0 Å². The maximum absolute atomic E-state index is 14.7. The van der Waals surface area contributed by atoms with Crippen molar-refractivity contribution in [3.63, 3.8) is 0 Å². The average molecular weight is 826 g/mol. The van der Waals surface area contributed by atoms with Crippen molar-refractivity contribution in [3.05, 3.63) is 93.2 Å². The molecule has 8 atom stereocenters. The number of alkyl halides is 3. The number of aliphatic hydroxyl groups excluding tert-OH is 3. The Morgan fingerprint density at radius 2 is 1.81 bits per heavy atom. The summed E-state index contributed by atoms with van der Waals surface area (Å²) in [6.45, 7) is 9.80. The number of nitrogens with zero attached hydrogens (tertiary/aromatic N) is 1. The van der Waals surface area contributed by atoms with Gasteiger partial charge in [-0.1, -0.05) is 56.2 Å². The first-order chi connectivity index (χ1) is 27.3. The molecular formula is C47H59ClF3NO6. The topological polar surface area (TPSA) is 114 Å². The highest BCUT2D eigenvalue weighted by molar-refractivity contribution is 6.33. The van der Waals surface area contributed by atoms with Gasteiger partial charge in [0.2, 0.25) is 5.78 Å². The maximum atomic E-state index is 14.7. The highest BCUT2D eigenvalue weighted by Gasteiger charge is 2.58. The van der Waals surface area contributed by atoms with Gasteiger partial charge in [-0.2, -0.15) is 13.2 Å². The zero-order valence-corrected chi connectivity index (χ0v) is 34.9. The minimum absolute atomic E-state index is 0.0173. The van der Waals surface area contributed by atoms with Crippen LogP contribution in [0.4, 0.5) is 13.2 Å². The molecule has 4 bridgehead atoms. The Morgan fingerprint density at radius 1 is 1.03 bits per heavy atom. The Balaban J connectivity index is 1.26. The average Bonchev–Trinajstić information content (AvgIpc) is 3.75. The second-order valence-electron chi connectivity index (χ2n) is 18.9. The third kappa shape index (κ3) is 8.35. The van der Waals surface area contributed by atoms with E-state index in [1.165, 1.54) is 30.5 Å². The molecule has 4 saturated carbocycles. The fourth-order valence-corrected chi connectivity index (χ4v) is 11.5. The summed E-state index contributed by atoms with van der Waals surface area (Å²) in [5.41, 5.74) is 0.475. The number of hydrogen-bond acceptors (Lipinski definition) is 7. The number of carbonyl (C=O) groups is 1. The summed E-state index contributed by atoms with van der Waals surface area (Å²) in [7, 11) is 0. The first kappa shape index (κ1) is 43.1. The minimum Gasteiger partial charge on any atom is -0.453 e. The van der Waals surface area contributed by atoms with Crippen molar-refractivity contribution in [3.8, 4) is 11.3 Å². The van der Waals surface area contributed by atoms with E-state index in [9.17, 15) is 38.4 Å². The van der Waals surface area contributed by atoms with Gasteiger partial charge in [0, 0.05) is 36.2 Å². The molecule has 4 fully saturated rings. The van der Waals surface area contributed by atoms with Crippen molar-refractivity contribution in [2.24, 2.45) is 28.6 Å². The largest absolute Gasteiger partial charge is 0.453 e. The summed E-state index contributed by atoms with van der Waals surface area (Å²) in [5.74, 6) is 0.975. The molecule has 0 amide bonds. The summed E-state index contributed by atoms with van der Waals surface area (Å²) in [4.78, 5) is 16.8. The number of halogens is 4. The predicted octanol–water partition coefficient (Wildman–Crippen LogP) is 9.62. The smallest absolute Gasteiger partial charge is 0.416 e. The third-order valence-electron chi connectivity index (χ3n) is 15.0. The van der Waals surface area contributed by atoms with Gasteiger partial charge < -0.3 is 24.8 Å². The van der Waals surface area contributed by atoms with Crippen molar-refractivity contribution in [1.29, 1.82) is 0 Å². The molecule has 0 radical (unpaired) electrons. The molecule has 11 heteroatoms. The lowest BCUT2D eigenvalue weighted by atomic mass is 9.45. The summed E-state index contributed by atoms with van der Waals surface area (Å²) < 4.78 is 46.9. The number of allylic oxidation sites excluding steroid dienone is 2. The van der Waals surface area contributed by atoms with Crippen LogP contribution < -0.4 is 0 Å². The van der Waals surface area contributed by atoms with Gasteiger partial charge in [-0.3, -0.25) is 9.69 Å². The minimum atomic E-state index is -4.60. The Hall–Kier alpha value is -2.99. The van der Waals surface area contributed by atoms with Gasteiger partial charge in [-0.25, -0.2) is 0 Å². The molecule has 1 heterocycles. The molecule has 3 aromatic rings. The Labute approximate surface area is 345 Å². The van der Waals surface area contributed by atoms with E-state index in [4.69, 9.17) is 16.0 Å². The van der Waals surface area contributed by atoms with Crippen LogP contribution >= 0.6 is 11.6 Å². The van der Waals surface area contributed by atoms with Crippen LogP contribution in [0.25, 0.3) is 11.3 Å². The Bertz CT molecular complexity index is 2010. The van der Waals surface area contributed by atoms with Crippen molar-refractivity contribution in [1.82, 2.24) is 4.90 Å². The van der Waals surface area contributed by atoms with Crippen LogP contribution in [-0.4, -0.2) is 75.2 Å². The highest BCUT2D eigenvalue weighted by atomic mass is 35.5. The quantitative estimate of drug-likeness (QED) is 0.119. The fourth-order valence-electron chi connectivity index (χ4n) is 11.3. The second kappa shape index (κ2) is 16.5. The van der Waals surface area contributed by atoms with E-state index in [1.54, 1.807) is 6.07 Å². The molecule has 2 aromatic carbocycles. The van der Waals surface area contributed by atoms with E-state index in [1.807, 2.05) is 12.1 Å². The molecule has 0 spiro atoms. The van der Waals surface area contributed by atoms with Crippen molar-refractivity contribution in [2.45, 2.75) is 122 Å². The van der Waals surface area contributed by atoms with Crippen molar-refractivity contribution < 1.29 is 42.8 Å². The van der Waals surface area contributed by atoms with Crippen LogP contribution in [0.5, 0.6) is 0 Å². The first-order valence-corrected chi connectivity index (χ1v) is 21.4. The lowest BCUT2D eigenvalue weighted by Crippen LogP contribution is -2.58. The van der Waals surface area contributed by atoms with Crippen LogP contribution in [0.1, 0.15) is 124 Å². The number of benzene rings is 2. The summed E-state index contributed by atoms with van der Waals surface area (Å²) in [6.07, 6.45) is 3.38. The molecule has 0 saturated heterocycles. The van der Waals surface area contributed by atoms with Crippen LogP contribution in [0.2, 0.25) is 5.02 Å². The standard InChI is InChI=1S/C47H59ClF3NO6/c1-28-6-5-18-45(4)38(17-19-46(45,57)27-52(25-34(55)26-53)24-30-9-10-31-23-39(30)44(31,2)3)35-13-8-29(20-33(54)12-7-28)21-36(35)43(56)42-16-15-41(58-42)37-22-32(47(49,50)51)11-14-40(37)48/h6,8,11,13-16,21-22,30-31,33-34,38-39,53-55,57H,5,7,9-10,12,17-20,23-27H2,1-4H3/t30-,31-,33-,34-,38-,39-,45-,46+/m0/s1. The SMILES string of the molecule is CC1=CCC[C@@]2(C)[C@@H](CC[C@@]2(O)CN(C[C@H](O)CO)C[C@@H]2CC[C@H]3C[C@@H]2C3(C)C)c2ccc(cc2C(=O)c2ccc(-c3cc(C(F)(F)F)ccc3Cl)o2)C[C@@H](O)CC1. The van der Waals surface area contributed by atoms with Crippen LogP contribution in [0.3, 0.4) is 0 Å². The van der Waals surface area contributed by atoms with E-state index in [0.717, 1.165) is 48.2 Å². The van der Waals surface area contributed by atoms with Gasteiger partial charge >= 0.3 is 6.18 Å². The van der Waals surface area contributed by atoms with Crippen LogP contribution in [-0.2, 0) is 12.6 Å². The summed E-state index contributed by atoms with van der Waals surface area (Å²) >= 11 is 6.35. The van der Waals surface area contributed by atoms with Gasteiger partial charge in [0.25, 0.3) is 0 Å². The monoisotopic (exact) mass is 825 g/mol. The number of carbonyl (C=O) groups excluding carboxylic acids is 1. The van der Waals surface area contributed by atoms with E-state index in [0.29, 0.717) is 68.9 Å². The van der Waals surface area contributed by atoms with Crippen LogP contribution in [0.15, 0.2) is 64.6 Å². The molecule has 7 nitrogen and oxygen atoms in total. The second-order valence-corrected chi connectivity index (χ2v) is 19.3. The fraction of sp³-hybridized carbons (Fsp3) is 0.596. The number of furan rings is 1. The zero-order valence-electron chi connectivity index (χ0n) is 34.1. The van der Waals surface area contributed by atoms with Gasteiger partial charge in [-0.05, 0) is 148 Å². The van der Waals surface area contributed by atoms with Crippen LogP contribution in [0, 0.1) is 28.6 Å². The number of rotatable bonds is 10. The lowest BCUT2D eigenvalue weighted by molar-refractivity contribution is -0.137. The Kier molecular flexibility index (Phi) is 12.2. The predicted molar refractivity (Wildman–Crippen MR) is 219 cm³/mol. The number of aliphatic hydroxyl groups is 4. The number of ketones is 1. The number of hydrogen-bond donors (Lipinski definition) is 4. The van der Waals surface area contributed by atoms with Gasteiger partial charge in [-0.15, -0.1) is 0 Å². The molecular weight excluding hydrogens is 767 g/mol. The first-order valence-electron chi connectivity index (χ1n) is 21.0. The highest BCUT2D eigenvalue weighted by Crippen LogP contribution is 2.62. The van der Waals surface area contributed by atoms with E-state index in [-0.39, 0.29) is 46.6 Å². The molecule has 6 aliphatic rings. The summed E-state index contributed by atoms with van der Waals surface area (Å²) in [6, 6.07) is 11.6. The molecule has 58 heavy (non-hydrogen) atoms. The van der Waals surface area contributed by atoms with Crippen molar-refractivity contribution in [2.75, 3.05) is 26.2 Å². The molecule has 0 unspecified atom stereocenters.